The molecule has 0 atom stereocenters. The van der Waals surface area contributed by atoms with Crippen LogP contribution in [0.3, 0.4) is 0 Å². The van der Waals surface area contributed by atoms with Crippen LogP contribution < -0.4 is 24.2 Å². The Morgan fingerprint density at radius 2 is 0.792 bits per heavy atom. The van der Waals surface area contributed by atoms with E-state index >= 15 is 0 Å². The van der Waals surface area contributed by atoms with Gasteiger partial charge in [-0.1, -0.05) is 144 Å². The lowest BCUT2D eigenvalue weighted by molar-refractivity contribution is -0.527. The number of benzene rings is 7. The maximum atomic E-state index is 5.54. The second kappa shape index (κ2) is 28.7. The molecule has 0 amide bonds. The van der Waals surface area contributed by atoms with Crippen molar-refractivity contribution in [1.29, 1.82) is 0 Å². The average molecular weight is 1020 g/mol. The molecule has 77 heavy (non-hydrogen) atoms. The van der Waals surface area contributed by atoms with E-state index in [2.05, 4.69) is 247 Å². The van der Waals surface area contributed by atoms with Crippen molar-refractivity contribution in [3.63, 3.8) is 0 Å². The lowest BCUT2D eigenvalue weighted by atomic mass is 9.94. The van der Waals surface area contributed by atoms with Crippen molar-refractivity contribution in [2.24, 2.45) is 0 Å². The molecule has 1 aliphatic carbocycles. The molecular weight excluding hydrogens is 941 g/mol. The Hall–Kier alpha value is -8.09. The predicted molar refractivity (Wildman–Crippen MR) is 330 cm³/mol. The molecule has 0 N–H and O–H groups in total. The number of anilines is 7. The number of methoxy groups -OCH3 is 2. The minimum absolute atomic E-state index is 0.829. The van der Waals surface area contributed by atoms with E-state index in [-0.39, 0.29) is 0 Å². The van der Waals surface area contributed by atoms with E-state index in [0.29, 0.717) is 0 Å². The van der Waals surface area contributed by atoms with Crippen molar-refractivity contribution >= 4 is 56.7 Å². The molecule has 1 aliphatic rings. The Morgan fingerprint density at radius 1 is 0.416 bits per heavy atom. The third-order valence-electron chi connectivity index (χ3n) is 14.3. The fourth-order valence-electron chi connectivity index (χ4n) is 9.89. The van der Waals surface area contributed by atoms with Gasteiger partial charge in [-0.25, -0.2) is 4.58 Å². The Bertz CT molecular complexity index is 3060. The Kier molecular flexibility index (Phi) is 20.6. The molecule has 0 saturated carbocycles. The number of hydrogen-bond donors (Lipinski definition) is 0. The van der Waals surface area contributed by atoms with E-state index < -0.39 is 0 Å². The number of ether oxygens (including phenoxy) is 2. The Morgan fingerprint density at radius 3 is 1.19 bits per heavy atom. The monoisotopic (exact) mass is 1020 g/mol. The van der Waals surface area contributed by atoms with Crippen molar-refractivity contribution in [2.45, 2.75) is 79.1 Å². The molecule has 0 saturated heterocycles. The minimum atomic E-state index is 0.829. The molecule has 0 fully saturated rings. The zero-order valence-electron chi connectivity index (χ0n) is 46.5. The van der Waals surface area contributed by atoms with E-state index in [1.165, 1.54) is 73.9 Å². The van der Waals surface area contributed by atoms with Crippen LogP contribution in [-0.2, 0) is 0 Å². The summed E-state index contributed by atoms with van der Waals surface area (Å²) in [6.45, 7) is 13.4. The van der Waals surface area contributed by atoms with Crippen molar-refractivity contribution in [2.75, 3.05) is 55.1 Å². The average Bonchev–Trinajstić information content (AvgIpc) is 3.50. The number of unbranched alkanes of at least 4 members (excludes halogenated alkanes) is 4. The summed E-state index contributed by atoms with van der Waals surface area (Å²) in [5.74, 6) is 1.66. The van der Waals surface area contributed by atoms with Crippen molar-refractivity contribution < 1.29 is 14.0 Å². The van der Waals surface area contributed by atoms with Gasteiger partial charge in [-0.05, 0) is 168 Å². The molecule has 7 aromatic carbocycles. The van der Waals surface area contributed by atoms with Crippen LogP contribution in [-0.4, -0.2) is 50.7 Å². The third-order valence-corrected chi connectivity index (χ3v) is 14.3. The SMILES string of the molecule is CCCCN(CCCC)c1ccc(/C(=C/C=C/C(=C2C=CC(=[N+](CCCC)CCCC)C=C2)c2ccc(N(c3ccccc3)c3ccc(OC)cc3)cc2)c2ccc(N(c3ccccc3)c3ccc(OC)cc3)cc2)cc1. The second-order valence-electron chi connectivity index (χ2n) is 19.7. The van der Waals surface area contributed by atoms with Gasteiger partial charge in [0.15, 0.2) is 5.71 Å². The van der Waals surface area contributed by atoms with Gasteiger partial charge in [0.2, 0.25) is 0 Å². The van der Waals surface area contributed by atoms with Crippen molar-refractivity contribution in [3.8, 4) is 11.5 Å². The molecule has 0 aliphatic heterocycles. The fraction of sp³-hybridized carbons (Fsp3) is 0.254. The van der Waals surface area contributed by atoms with E-state index in [1.807, 2.05) is 24.3 Å². The summed E-state index contributed by atoms with van der Waals surface area (Å²) in [5, 5.41) is 0. The zero-order chi connectivity index (χ0) is 53.6. The van der Waals surface area contributed by atoms with Gasteiger partial charge >= 0.3 is 0 Å². The highest BCUT2D eigenvalue weighted by molar-refractivity contribution is 6.03. The van der Waals surface area contributed by atoms with E-state index in [4.69, 9.17) is 9.47 Å². The van der Waals surface area contributed by atoms with Crippen LogP contribution in [0, 0.1) is 0 Å². The van der Waals surface area contributed by atoms with Crippen LogP contribution in [0.1, 0.15) is 95.8 Å². The molecular formula is C71H79N4O2+. The van der Waals surface area contributed by atoms with E-state index in [9.17, 15) is 0 Å². The summed E-state index contributed by atoms with van der Waals surface area (Å²) in [6, 6.07) is 65.0. The summed E-state index contributed by atoms with van der Waals surface area (Å²) in [6.07, 6.45) is 25.5. The molecule has 8 rings (SSSR count). The number of allylic oxidation sites excluding steroid dienone is 9. The molecule has 394 valence electrons. The number of rotatable bonds is 26. The van der Waals surface area contributed by atoms with Gasteiger partial charge in [0.05, 0.1) is 14.2 Å². The Labute approximate surface area is 461 Å². The first-order valence-electron chi connectivity index (χ1n) is 28.1. The van der Waals surface area contributed by atoms with Crippen molar-refractivity contribution in [3.05, 3.63) is 247 Å². The second-order valence-corrected chi connectivity index (χ2v) is 19.7. The molecule has 0 radical (unpaired) electrons. The van der Waals surface area contributed by atoms with E-state index in [1.54, 1.807) is 14.2 Å². The summed E-state index contributed by atoms with van der Waals surface area (Å²) in [7, 11) is 3.42. The van der Waals surface area contributed by atoms with Crippen LogP contribution >= 0.6 is 0 Å². The van der Waals surface area contributed by atoms with Crippen LogP contribution in [0.2, 0.25) is 0 Å². The molecule has 0 spiro atoms. The van der Waals surface area contributed by atoms with Gasteiger partial charge in [0, 0.05) is 77.9 Å². The normalized spacial score (nSPS) is 12.3. The summed E-state index contributed by atoms with van der Waals surface area (Å²) < 4.78 is 13.6. The highest BCUT2D eigenvalue weighted by Gasteiger charge is 2.18. The van der Waals surface area contributed by atoms with Crippen LogP contribution in [0.25, 0.3) is 11.1 Å². The lowest BCUT2D eigenvalue weighted by Crippen LogP contribution is -2.25. The third kappa shape index (κ3) is 14.6. The maximum absolute atomic E-state index is 5.54. The number of hydrogen-bond acceptors (Lipinski definition) is 5. The standard InChI is InChI=1S/C71H79N4O2/c1-7-11-52-72(53-12-8-2)60-36-28-56(29-37-60)70(58-32-40-64(41-33-58)74(62-22-17-15-18-23-62)66-44-48-68(76-5)49-45-66)26-21-27-71(57-30-38-61(39-31-57)73(54-13-9-3)55-14-10-4)59-34-42-65(43-35-59)75(63-24-19-16-20-25-63)67-46-50-69(77-6)51-47-67/h15-51H,7-14,52-55H2,1-6H3/q+1. The fourth-order valence-corrected chi connectivity index (χ4v) is 9.89. The van der Waals surface area contributed by atoms with Gasteiger partial charge in [0.1, 0.15) is 24.6 Å². The number of para-hydroxylation sites is 2. The van der Waals surface area contributed by atoms with Gasteiger partial charge in [-0.3, -0.25) is 0 Å². The van der Waals surface area contributed by atoms with E-state index in [0.717, 1.165) is 94.1 Å². The molecule has 0 heterocycles. The van der Waals surface area contributed by atoms with Crippen LogP contribution in [0.15, 0.2) is 230 Å². The highest BCUT2D eigenvalue weighted by atomic mass is 16.5. The maximum Gasteiger partial charge on any atom is 0.199 e. The zero-order valence-corrected chi connectivity index (χ0v) is 46.5. The molecule has 0 bridgehead atoms. The smallest absolute Gasteiger partial charge is 0.199 e. The number of nitrogens with zero attached hydrogens (tertiary/aromatic N) is 4. The first kappa shape index (κ1) is 55.2. The van der Waals surface area contributed by atoms with Gasteiger partial charge in [-0.2, -0.15) is 0 Å². The predicted octanol–water partition coefficient (Wildman–Crippen LogP) is 18.7. The largest absolute Gasteiger partial charge is 0.497 e. The van der Waals surface area contributed by atoms with Gasteiger partial charge in [-0.15, -0.1) is 0 Å². The highest BCUT2D eigenvalue weighted by Crippen LogP contribution is 2.39. The van der Waals surface area contributed by atoms with Gasteiger partial charge < -0.3 is 24.2 Å². The van der Waals surface area contributed by atoms with Crippen molar-refractivity contribution in [1.82, 2.24) is 0 Å². The first-order valence-corrected chi connectivity index (χ1v) is 28.1. The first-order chi connectivity index (χ1) is 37.9. The summed E-state index contributed by atoms with van der Waals surface area (Å²) >= 11 is 0. The summed E-state index contributed by atoms with van der Waals surface area (Å²) in [4.78, 5) is 7.15. The molecule has 0 unspecified atom stereocenters. The summed E-state index contributed by atoms with van der Waals surface area (Å²) in [5.41, 5.74) is 15.9. The van der Waals surface area contributed by atoms with Gasteiger partial charge in [0.25, 0.3) is 0 Å². The topological polar surface area (TPSA) is 31.2 Å². The van der Waals surface area contributed by atoms with Crippen LogP contribution in [0.4, 0.5) is 39.8 Å². The quantitative estimate of drug-likeness (QED) is 0.0399. The molecule has 6 heteroatoms. The lowest BCUT2D eigenvalue weighted by Gasteiger charge is -2.26. The minimum Gasteiger partial charge on any atom is -0.497 e. The molecule has 0 aromatic heterocycles. The Balaban J connectivity index is 1.23. The molecule has 6 nitrogen and oxygen atoms in total. The van der Waals surface area contributed by atoms with Crippen LogP contribution in [0.5, 0.6) is 11.5 Å². The molecule has 7 aromatic rings.